The summed E-state index contributed by atoms with van der Waals surface area (Å²) in [6, 6.07) is 6.06. The van der Waals surface area contributed by atoms with Gasteiger partial charge >= 0.3 is 0 Å². The van der Waals surface area contributed by atoms with Crippen LogP contribution in [0.3, 0.4) is 0 Å². The van der Waals surface area contributed by atoms with Crippen molar-refractivity contribution < 1.29 is 19.1 Å². The number of hydrogen-bond donors (Lipinski definition) is 1. The minimum atomic E-state index is -0.109. The number of ether oxygens (including phenoxy) is 2. The van der Waals surface area contributed by atoms with Gasteiger partial charge in [-0.05, 0) is 24.6 Å². The Hall–Kier alpha value is -2.69. The van der Waals surface area contributed by atoms with E-state index in [1.807, 2.05) is 12.1 Å². The van der Waals surface area contributed by atoms with Crippen LogP contribution in [0, 0.1) is 6.92 Å². The van der Waals surface area contributed by atoms with Gasteiger partial charge in [-0.25, -0.2) is 4.98 Å². The van der Waals surface area contributed by atoms with Crippen molar-refractivity contribution in [3.63, 3.8) is 0 Å². The lowest BCUT2D eigenvalue weighted by Crippen LogP contribution is -2.48. The summed E-state index contributed by atoms with van der Waals surface area (Å²) in [5.74, 6) is 1.39. The lowest BCUT2D eigenvalue weighted by molar-refractivity contribution is -0.117. The van der Waals surface area contributed by atoms with Gasteiger partial charge < -0.3 is 19.7 Å². The quantitative estimate of drug-likeness (QED) is 0.723. The van der Waals surface area contributed by atoms with Gasteiger partial charge in [-0.1, -0.05) is 17.4 Å². The SMILES string of the molecule is Cc1nc(NC(=O)CN2CCN(Cc3ccc4c(c3)OCO4)CC2)sc1C(=O)N(C)C. The van der Waals surface area contributed by atoms with Crippen molar-refractivity contribution in [3.8, 4) is 11.5 Å². The number of hydrogen-bond acceptors (Lipinski definition) is 8. The Morgan fingerprint density at radius 3 is 2.58 bits per heavy atom. The molecule has 2 aromatic rings. The van der Waals surface area contributed by atoms with Gasteiger partial charge in [-0.2, -0.15) is 0 Å². The van der Waals surface area contributed by atoms with Gasteiger partial charge in [-0.15, -0.1) is 0 Å². The van der Waals surface area contributed by atoms with E-state index in [0.29, 0.717) is 22.2 Å². The monoisotopic (exact) mass is 445 g/mol. The molecule has 4 rings (SSSR count). The van der Waals surface area contributed by atoms with Crippen LogP contribution >= 0.6 is 11.3 Å². The van der Waals surface area contributed by atoms with E-state index in [1.54, 1.807) is 21.0 Å². The number of nitrogens with one attached hydrogen (secondary N) is 1. The number of anilines is 1. The van der Waals surface area contributed by atoms with E-state index in [4.69, 9.17) is 9.47 Å². The summed E-state index contributed by atoms with van der Waals surface area (Å²) in [6.45, 7) is 6.64. The number of nitrogens with zero attached hydrogens (tertiary/aromatic N) is 4. The highest BCUT2D eigenvalue weighted by atomic mass is 32.1. The van der Waals surface area contributed by atoms with Crippen molar-refractivity contribution in [1.82, 2.24) is 19.7 Å². The third kappa shape index (κ3) is 5.15. The highest BCUT2D eigenvalue weighted by Crippen LogP contribution is 2.32. The maximum atomic E-state index is 12.5. The molecule has 0 bridgehead atoms. The van der Waals surface area contributed by atoms with Gasteiger partial charge in [-0.3, -0.25) is 19.4 Å². The summed E-state index contributed by atoms with van der Waals surface area (Å²) >= 11 is 1.22. The minimum absolute atomic E-state index is 0.103. The van der Waals surface area contributed by atoms with Gasteiger partial charge in [0.15, 0.2) is 16.6 Å². The van der Waals surface area contributed by atoms with Crippen LogP contribution in [0.2, 0.25) is 0 Å². The normalized spacial score (nSPS) is 16.4. The van der Waals surface area contributed by atoms with Crippen molar-refractivity contribution >= 4 is 28.3 Å². The van der Waals surface area contributed by atoms with E-state index in [2.05, 4.69) is 26.2 Å². The molecular weight excluding hydrogens is 418 g/mol. The van der Waals surface area contributed by atoms with Gasteiger partial charge in [0.1, 0.15) is 4.88 Å². The van der Waals surface area contributed by atoms with Gasteiger partial charge in [0.2, 0.25) is 12.7 Å². The first-order valence-electron chi connectivity index (χ1n) is 10.2. The smallest absolute Gasteiger partial charge is 0.265 e. The fraction of sp³-hybridized carbons (Fsp3) is 0.476. The zero-order chi connectivity index (χ0) is 22.0. The molecule has 9 nitrogen and oxygen atoms in total. The summed E-state index contributed by atoms with van der Waals surface area (Å²) in [6.07, 6.45) is 0. The number of carbonyl (C=O) groups is 2. The first kappa shape index (κ1) is 21.5. The molecule has 10 heteroatoms. The molecule has 31 heavy (non-hydrogen) atoms. The van der Waals surface area contributed by atoms with Crippen LogP contribution < -0.4 is 14.8 Å². The van der Waals surface area contributed by atoms with Crippen LogP contribution in [0.15, 0.2) is 18.2 Å². The maximum absolute atomic E-state index is 12.5. The highest BCUT2D eigenvalue weighted by molar-refractivity contribution is 7.17. The van der Waals surface area contributed by atoms with Crippen LogP contribution in [-0.4, -0.2) is 85.1 Å². The zero-order valence-electron chi connectivity index (χ0n) is 18.0. The molecule has 1 N–H and O–H groups in total. The Bertz CT molecular complexity index is 969. The van der Waals surface area contributed by atoms with Crippen molar-refractivity contribution in [2.75, 3.05) is 58.9 Å². The molecule has 1 aromatic carbocycles. The second-order valence-electron chi connectivity index (χ2n) is 7.92. The third-order valence-corrected chi connectivity index (χ3v) is 6.38. The number of carbonyl (C=O) groups excluding carboxylic acids is 2. The number of thiazole rings is 1. The van der Waals surface area contributed by atoms with Crippen LogP contribution in [0.4, 0.5) is 5.13 Å². The first-order valence-corrected chi connectivity index (χ1v) is 11.0. The first-order chi connectivity index (χ1) is 14.9. The topological polar surface area (TPSA) is 87.2 Å². The molecule has 0 saturated carbocycles. The fourth-order valence-electron chi connectivity index (χ4n) is 3.62. The van der Waals surface area contributed by atoms with E-state index >= 15 is 0 Å². The number of amides is 2. The van der Waals surface area contributed by atoms with E-state index in [-0.39, 0.29) is 18.6 Å². The predicted octanol–water partition coefficient (Wildman–Crippen LogP) is 1.64. The average Bonchev–Trinajstić information content (AvgIpc) is 3.34. The molecule has 166 valence electrons. The molecule has 2 aliphatic heterocycles. The summed E-state index contributed by atoms with van der Waals surface area (Å²) in [7, 11) is 3.40. The lowest BCUT2D eigenvalue weighted by Gasteiger charge is -2.34. The molecule has 3 heterocycles. The summed E-state index contributed by atoms with van der Waals surface area (Å²) in [5.41, 5.74) is 1.83. The Balaban J connectivity index is 1.24. The summed E-state index contributed by atoms with van der Waals surface area (Å²) in [4.78, 5) is 35.5. The van der Waals surface area contributed by atoms with Crippen LogP contribution in [0.5, 0.6) is 11.5 Å². The lowest BCUT2D eigenvalue weighted by atomic mass is 10.1. The zero-order valence-corrected chi connectivity index (χ0v) is 18.8. The van der Waals surface area contributed by atoms with Crippen molar-refractivity contribution in [2.24, 2.45) is 0 Å². The number of rotatable bonds is 6. The largest absolute Gasteiger partial charge is 0.454 e. The van der Waals surface area contributed by atoms with Crippen molar-refractivity contribution in [3.05, 3.63) is 34.3 Å². The van der Waals surface area contributed by atoms with Gasteiger partial charge in [0.25, 0.3) is 5.91 Å². The average molecular weight is 446 g/mol. The maximum Gasteiger partial charge on any atom is 0.265 e. The molecule has 0 spiro atoms. The number of aromatic nitrogens is 1. The second-order valence-corrected chi connectivity index (χ2v) is 8.92. The third-order valence-electron chi connectivity index (χ3n) is 5.32. The number of benzene rings is 1. The highest BCUT2D eigenvalue weighted by Gasteiger charge is 2.22. The van der Waals surface area contributed by atoms with Crippen LogP contribution in [0.1, 0.15) is 20.9 Å². The van der Waals surface area contributed by atoms with E-state index in [1.165, 1.54) is 21.8 Å². The predicted molar refractivity (Wildman–Crippen MR) is 118 cm³/mol. The molecule has 0 aliphatic carbocycles. The van der Waals surface area contributed by atoms with E-state index in [0.717, 1.165) is 44.2 Å². The van der Waals surface area contributed by atoms with E-state index in [9.17, 15) is 9.59 Å². The standard InChI is InChI=1S/C21H27N5O4S/c1-14-19(20(28)24(2)3)31-21(22-14)23-18(27)12-26-8-6-25(7-9-26)11-15-4-5-16-17(10-15)30-13-29-16/h4-5,10H,6-9,11-13H2,1-3H3,(H,22,23,27). The fourth-order valence-corrected chi connectivity index (χ4v) is 4.62. The molecule has 1 fully saturated rings. The summed E-state index contributed by atoms with van der Waals surface area (Å²) < 4.78 is 10.8. The number of piperazine rings is 1. The van der Waals surface area contributed by atoms with Crippen LogP contribution in [0.25, 0.3) is 0 Å². The molecular formula is C21H27N5O4S. The minimum Gasteiger partial charge on any atom is -0.454 e. The number of fused-ring (bicyclic) bond motifs is 1. The van der Waals surface area contributed by atoms with Gasteiger partial charge in [0, 0.05) is 46.8 Å². The number of aryl methyl sites for hydroxylation is 1. The Morgan fingerprint density at radius 2 is 1.84 bits per heavy atom. The summed E-state index contributed by atoms with van der Waals surface area (Å²) in [5, 5.41) is 3.30. The molecule has 2 aliphatic rings. The van der Waals surface area contributed by atoms with Crippen molar-refractivity contribution in [1.29, 1.82) is 0 Å². The second kappa shape index (κ2) is 9.21. The Morgan fingerprint density at radius 1 is 1.13 bits per heavy atom. The molecule has 1 saturated heterocycles. The Kier molecular flexibility index (Phi) is 6.40. The van der Waals surface area contributed by atoms with E-state index < -0.39 is 0 Å². The Labute approximate surface area is 185 Å². The molecule has 0 atom stereocenters. The molecule has 0 radical (unpaired) electrons. The molecule has 1 aromatic heterocycles. The van der Waals surface area contributed by atoms with Crippen molar-refractivity contribution in [2.45, 2.75) is 13.5 Å². The van der Waals surface area contributed by atoms with Gasteiger partial charge in [0.05, 0.1) is 12.2 Å². The molecule has 0 unspecified atom stereocenters. The molecule has 2 amide bonds. The van der Waals surface area contributed by atoms with Crippen LogP contribution in [-0.2, 0) is 11.3 Å².